The van der Waals surface area contributed by atoms with Gasteiger partial charge < -0.3 is 5.11 Å². The minimum atomic E-state index is -0.675. The molecule has 3 unspecified atom stereocenters. The highest BCUT2D eigenvalue weighted by atomic mass is 16.4. The molecule has 0 saturated carbocycles. The summed E-state index contributed by atoms with van der Waals surface area (Å²) in [6, 6.07) is 9.17. The molecule has 3 nitrogen and oxygen atoms in total. The van der Waals surface area contributed by atoms with E-state index in [2.05, 4.69) is 49.9 Å². The van der Waals surface area contributed by atoms with Gasteiger partial charge in [-0.05, 0) is 50.6 Å². The quantitative estimate of drug-likeness (QED) is 0.894. The van der Waals surface area contributed by atoms with Gasteiger partial charge in [-0.3, -0.25) is 9.69 Å². The monoisotopic (exact) mass is 289 g/mol. The van der Waals surface area contributed by atoms with Crippen LogP contribution in [-0.4, -0.2) is 29.1 Å². The molecule has 1 aliphatic heterocycles. The van der Waals surface area contributed by atoms with Crippen LogP contribution in [0.2, 0.25) is 0 Å². The standard InChI is InChI=1S/C18H27NO2/c1-13-6-8-16(9-7-13)15(3)19-10-4-5-17(12-19)14(2)11-18(20)21/h6-9,14-15,17H,4-5,10-12H2,1-3H3,(H,20,21). The topological polar surface area (TPSA) is 40.5 Å². The van der Waals surface area contributed by atoms with E-state index in [1.165, 1.54) is 17.5 Å². The van der Waals surface area contributed by atoms with E-state index < -0.39 is 5.97 Å². The van der Waals surface area contributed by atoms with Crippen LogP contribution >= 0.6 is 0 Å². The van der Waals surface area contributed by atoms with Crippen molar-refractivity contribution < 1.29 is 9.90 Å². The third-order valence-corrected chi connectivity index (χ3v) is 4.90. The van der Waals surface area contributed by atoms with Crippen molar-refractivity contribution in [3.63, 3.8) is 0 Å². The number of aliphatic carboxylic acids is 1. The number of hydrogen-bond donors (Lipinski definition) is 1. The van der Waals surface area contributed by atoms with E-state index in [1.807, 2.05) is 0 Å². The Hall–Kier alpha value is -1.35. The molecule has 1 heterocycles. The van der Waals surface area contributed by atoms with Crippen molar-refractivity contribution >= 4 is 5.97 Å². The first-order valence-electron chi connectivity index (χ1n) is 7.99. The lowest BCUT2D eigenvalue weighted by molar-refractivity contribution is -0.138. The van der Waals surface area contributed by atoms with E-state index in [9.17, 15) is 4.79 Å². The molecule has 0 aromatic heterocycles. The molecule has 0 amide bonds. The van der Waals surface area contributed by atoms with Crippen LogP contribution < -0.4 is 0 Å². The maximum Gasteiger partial charge on any atom is 0.303 e. The van der Waals surface area contributed by atoms with Crippen LogP contribution in [0.25, 0.3) is 0 Å². The lowest BCUT2D eigenvalue weighted by Crippen LogP contribution is -2.39. The van der Waals surface area contributed by atoms with Crippen molar-refractivity contribution in [2.24, 2.45) is 11.8 Å². The third kappa shape index (κ3) is 4.31. The smallest absolute Gasteiger partial charge is 0.303 e. The molecular weight excluding hydrogens is 262 g/mol. The van der Waals surface area contributed by atoms with Crippen LogP contribution in [0.4, 0.5) is 0 Å². The zero-order valence-electron chi connectivity index (χ0n) is 13.4. The maximum absolute atomic E-state index is 10.9. The van der Waals surface area contributed by atoms with Crippen molar-refractivity contribution in [1.29, 1.82) is 0 Å². The number of nitrogens with zero attached hydrogens (tertiary/aromatic N) is 1. The Morgan fingerprint density at radius 3 is 2.62 bits per heavy atom. The first-order chi connectivity index (χ1) is 9.97. The minimum absolute atomic E-state index is 0.260. The summed E-state index contributed by atoms with van der Waals surface area (Å²) in [5.74, 6) is 0.0875. The van der Waals surface area contributed by atoms with Crippen LogP contribution in [-0.2, 0) is 4.79 Å². The fraction of sp³-hybridized carbons (Fsp3) is 0.611. The molecule has 1 aromatic rings. The van der Waals surface area contributed by atoms with E-state index in [4.69, 9.17) is 5.11 Å². The van der Waals surface area contributed by atoms with Crippen molar-refractivity contribution in [3.05, 3.63) is 35.4 Å². The number of carboxylic acids is 1. The average Bonchev–Trinajstić information content (AvgIpc) is 2.47. The normalized spacial score (nSPS) is 22.7. The first kappa shape index (κ1) is 16.0. The van der Waals surface area contributed by atoms with Gasteiger partial charge in [0.15, 0.2) is 0 Å². The van der Waals surface area contributed by atoms with Gasteiger partial charge in [0.2, 0.25) is 0 Å². The molecule has 116 valence electrons. The minimum Gasteiger partial charge on any atom is -0.481 e. The molecule has 21 heavy (non-hydrogen) atoms. The average molecular weight is 289 g/mol. The molecule has 3 atom stereocenters. The highest BCUT2D eigenvalue weighted by molar-refractivity contribution is 5.67. The summed E-state index contributed by atoms with van der Waals surface area (Å²) in [7, 11) is 0. The van der Waals surface area contributed by atoms with Crippen molar-refractivity contribution in [1.82, 2.24) is 4.90 Å². The van der Waals surface area contributed by atoms with Gasteiger partial charge in [0.1, 0.15) is 0 Å². The van der Waals surface area contributed by atoms with Crippen LogP contribution in [0, 0.1) is 18.8 Å². The first-order valence-corrected chi connectivity index (χ1v) is 7.99. The second-order valence-corrected chi connectivity index (χ2v) is 6.56. The molecule has 0 spiro atoms. The van der Waals surface area contributed by atoms with E-state index in [-0.39, 0.29) is 12.3 Å². The number of likely N-dealkylation sites (tertiary alicyclic amines) is 1. The summed E-state index contributed by atoms with van der Waals surface area (Å²) >= 11 is 0. The molecule has 0 bridgehead atoms. The molecule has 1 aromatic carbocycles. The Kier molecular flexibility index (Phi) is 5.40. The zero-order valence-corrected chi connectivity index (χ0v) is 13.4. The largest absolute Gasteiger partial charge is 0.481 e. The van der Waals surface area contributed by atoms with Crippen LogP contribution in [0.3, 0.4) is 0 Å². The summed E-state index contributed by atoms with van der Waals surface area (Å²) in [6.07, 6.45) is 2.62. The lowest BCUT2D eigenvalue weighted by atomic mass is 9.84. The zero-order chi connectivity index (χ0) is 15.4. The number of rotatable bonds is 5. The van der Waals surface area contributed by atoms with Gasteiger partial charge in [-0.25, -0.2) is 0 Å². The molecule has 1 saturated heterocycles. The summed E-state index contributed by atoms with van der Waals surface area (Å²) in [6.45, 7) is 8.58. The summed E-state index contributed by atoms with van der Waals surface area (Å²) in [5.41, 5.74) is 2.64. The Morgan fingerprint density at radius 1 is 1.33 bits per heavy atom. The van der Waals surface area contributed by atoms with Gasteiger partial charge >= 0.3 is 5.97 Å². The lowest BCUT2D eigenvalue weighted by Gasteiger charge is -2.39. The number of carboxylic acid groups (broad SMARTS) is 1. The fourth-order valence-electron chi connectivity index (χ4n) is 3.35. The highest BCUT2D eigenvalue weighted by Crippen LogP contribution is 2.31. The van der Waals surface area contributed by atoms with Gasteiger partial charge in [0, 0.05) is 19.0 Å². The van der Waals surface area contributed by atoms with E-state index >= 15 is 0 Å². The Morgan fingerprint density at radius 2 is 2.00 bits per heavy atom. The SMILES string of the molecule is Cc1ccc(C(C)N2CCCC(C(C)CC(=O)O)C2)cc1. The summed E-state index contributed by atoms with van der Waals surface area (Å²) < 4.78 is 0. The molecule has 1 fully saturated rings. The second-order valence-electron chi connectivity index (χ2n) is 6.56. The van der Waals surface area contributed by atoms with Gasteiger partial charge in [0.25, 0.3) is 0 Å². The number of hydrogen-bond acceptors (Lipinski definition) is 2. The highest BCUT2D eigenvalue weighted by Gasteiger charge is 2.28. The molecule has 0 radical (unpaired) electrons. The predicted molar refractivity (Wildman–Crippen MR) is 85.3 cm³/mol. The van der Waals surface area contributed by atoms with Crippen LogP contribution in [0.1, 0.15) is 50.3 Å². The van der Waals surface area contributed by atoms with Crippen molar-refractivity contribution in [3.8, 4) is 0 Å². The molecule has 0 aliphatic carbocycles. The Labute approximate surface area is 128 Å². The van der Waals surface area contributed by atoms with Crippen molar-refractivity contribution in [2.75, 3.05) is 13.1 Å². The molecular formula is C18H27NO2. The van der Waals surface area contributed by atoms with Gasteiger partial charge in [-0.2, -0.15) is 0 Å². The molecule has 3 heteroatoms. The Bertz CT molecular complexity index is 469. The molecule has 1 aliphatic rings. The maximum atomic E-state index is 10.9. The van der Waals surface area contributed by atoms with Gasteiger partial charge in [-0.1, -0.05) is 36.8 Å². The van der Waals surface area contributed by atoms with Crippen LogP contribution in [0.15, 0.2) is 24.3 Å². The number of benzene rings is 1. The van der Waals surface area contributed by atoms with E-state index in [0.29, 0.717) is 12.0 Å². The van der Waals surface area contributed by atoms with Gasteiger partial charge in [-0.15, -0.1) is 0 Å². The fourth-order valence-corrected chi connectivity index (χ4v) is 3.35. The molecule has 2 rings (SSSR count). The second kappa shape index (κ2) is 7.08. The summed E-state index contributed by atoms with van der Waals surface area (Å²) in [5, 5.41) is 8.98. The number of carbonyl (C=O) groups is 1. The predicted octanol–water partition coefficient (Wildman–Crippen LogP) is 3.88. The number of piperidine rings is 1. The van der Waals surface area contributed by atoms with Crippen molar-refractivity contribution in [2.45, 2.75) is 46.1 Å². The Balaban J connectivity index is 1.99. The molecule has 1 N–H and O–H groups in total. The number of aryl methyl sites for hydroxylation is 1. The van der Waals surface area contributed by atoms with E-state index in [1.54, 1.807) is 0 Å². The third-order valence-electron chi connectivity index (χ3n) is 4.90. The van der Waals surface area contributed by atoms with Gasteiger partial charge in [0.05, 0.1) is 0 Å². The van der Waals surface area contributed by atoms with Crippen LogP contribution in [0.5, 0.6) is 0 Å². The van der Waals surface area contributed by atoms with E-state index in [0.717, 1.165) is 19.5 Å². The summed E-state index contributed by atoms with van der Waals surface area (Å²) in [4.78, 5) is 13.4.